The van der Waals surface area contributed by atoms with Gasteiger partial charge < -0.3 is 15.4 Å². The van der Waals surface area contributed by atoms with Crippen LogP contribution in [-0.2, 0) is 11.3 Å². The van der Waals surface area contributed by atoms with Crippen LogP contribution in [-0.4, -0.2) is 30.3 Å². The first-order valence-corrected chi connectivity index (χ1v) is 8.06. The molecule has 0 saturated heterocycles. The van der Waals surface area contributed by atoms with Crippen LogP contribution < -0.4 is 10.6 Å². The van der Waals surface area contributed by atoms with E-state index in [2.05, 4.69) is 29.5 Å². The Bertz CT molecular complexity index is 643. The Morgan fingerprint density at radius 3 is 2.87 bits per heavy atom. The predicted molar refractivity (Wildman–Crippen MR) is 92.2 cm³/mol. The summed E-state index contributed by atoms with van der Waals surface area (Å²) in [5.74, 6) is 0.319. The van der Waals surface area contributed by atoms with Crippen molar-refractivity contribution in [2.75, 3.05) is 13.2 Å². The molecule has 0 radical (unpaired) electrons. The molecule has 0 aliphatic heterocycles. The number of amides is 2. The number of ether oxygens (including phenoxy) is 1. The van der Waals surface area contributed by atoms with Crippen LogP contribution in [0.5, 0.6) is 0 Å². The molecule has 5 nitrogen and oxygen atoms in total. The zero-order chi connectivity index (χ0) is 16.7. The number of pyridine rings is 1. The number of hydrogen-bond acceptors (Lipinski definition) is 3. The standard InChI is InChI=1S/C18H25N3O2/c1-4-23-12-17(13(2)3)21-18(22)20-11-14-7-8-16-15(10-14)6-5-9-19-16/h5-10,13,17H,4,11-12H2,1-3H3,(H2,20,21,22)/t17-/m1/s1. The van der Waals surface area contributed by atoms with Crippen molar-refractivity contribution in [2.45, 2.75) is 33.4 Å². The highest BCUT2D eigenvalue weighted by Crippen LogP contribution is 2.13. The van der Waals surface area contributed by atoms with Gasteiger partial charge in [-0.3, -0.25) is 4.98 Å². The van der Waals surface area contributed by atoms with Gasteiger partial charge >= 0.3 is 6.03 Å². The number of urea groups is 1. The first-order chi connectivity index (χ1) is 11.1. The van der Waals surface area contributed by atoms with Crippen LogP contribution in [0.15, 0.2) is 36.5 Å². The fourth-order valence-corrected chi connectivity index (χ4v) is 2.28. The van der Waals surface area contributed by atoms with Crippen molar-refractivity contribution in [2.24, 2.45) is 5.92 Å². The lowest BCUT2D eigenvalue weighted by atomic mass is 10.1. The summed E-state index contributed by atoms with van der Waals surface area (Å²) in [4.78, 5) is 16.4. The second-order valence-corrected chi connectivity index (χ2v) is 5.87. The van der Waals surface area contributed by atoms with Gasteiger partial charge in [-0.1, -0.05) is 26.0 Å². The van der Waals surface area contributed by atoms with Gasteiger partial charge in [-0.25, -0.2) is 4.79 Å². The Labute approximate surface area is 137 Å². The Kier molecular flexibility index (Phi) is 6.35. The predicted octanol–water partition coefficient (Wildman–Crippen LogP) is 3.10. The van der Waals surface area contributed by atoms with Crippen molar-refractivity contribution in [3.63, 3.8) is 0 Å². The number of aromatic nitrogens is 1. The van der Waals surface area contributed by atoms with Gasteiger partial charge in [0, 0.05) is 24.7 Å². The van der Waals surface area contributed by atoms with Gasteiger partial charge in [0.1, 0.15) is 0 Å². The number of hydrogen-bond donors (Lipinski definition) is 2. The summed E-state index contributed by atoms with van der Waals surface area (Å²) >= 11 is 0. The quantitative estimate of drug-likeness (QED) is 0.825. The number of carbonyl (C=O) groups excluding carboxylic acids is 1. The maximum absolute atomic E-state index is 12.1. The molecule has 1 aromatic heterocycles. The van der Waals surface area contributed by atoms with Crippen LogP contribution in [0.4, 0.5) is 4.79 Å². The minimum atomic E-state index is -0.172. The average molecular weight is 315 g/mol. The van der Waals surface area contributed by atoms with E-state index in [1.807, 2.05) is 37.3 Å². The molecule has 0 aliphatic carbocycles. The molecule has 0 bridgehead atoms. The normalized spacial score (nSPS) is 12.3. The second kappa shape index (κ2) is 8.48. The summed E-state index contributed by atoms with van der Waals surface area (Å²) in [5.41, 5.74) is 2.00. The van der Waals surface area contributed by atoms with Crippen LogP contribution in [0.25, 0.3) is 10.9 Å². The molecule has 2 amide bonds. The zero-order valence-corrected chi connectivity index (χ0v) is 14.0. The minimum absolute atomic E-state index is 0.00996. The molecular weight excluding hydrogens is 290 g/mol. The molecule has 0 saturated carbocycles. The largest absolute Gasteiger partial charge is 0.380 e. The third-order valence-corrected chi connectivity index (χ3v) is 3.74. The van der Waals surface area contributed by atoms with E-state index in [4.69, 9.17) is 4.74 Å². The second-order valence-electron chi connectivity index (χ2n) is 5.87. The molecule has 0 fully saturated rings. The van der Waals surface area contributed by atoms with Crippen LogP contribution in [0, 0.1) is 5.92 Å². The van der Waals surface area contributed by atoms with E-state index >= 15 is 0 Å². The fourth-order valence-electron chi connectivity index (χ4n) is 2.28. The number of nitrogens with one attached hydrogen (secondary N) is 2. The topological polar surface area (TPSA) is 63.2 Å². The van der Waals surface area contributed by atoms with E-state index in [1.165, 1.54) is 0 Å². The molecule has 2 aromatic rings. The Balaban J connectivity index is 1.89. The lowest BCUT2D eigenvalue weighted by Gasteiger charge is -2.22. The van der Waals surface area contributed by atoms with E-state index in [0.29, 0.717) is 25.7 Å². The average Bonchev–Trinajstić information content (AvgIpc) is 2.56. The molecule has 124 valence electrons. The van der Waals surface area contributed by atoms with Gasteiger partial charge in [-0.2, -0.15) is 0 Å². The molecule has 2 rings (SSSR count). The Morgan fingerprint density at radius 1 is 1.30 bits per heavy atom. The summed E-state index contributed by atoms with van der Waals surface area (Å²) < 4.78 is 5.42. The smallest absolute Gasteiger partial charge is 0.315 e. The molecule has 23 heavy (non-hydrogen) atoms. The minimum Gasteiger partial charge on any atom is -0.380 e. The van der Waals surface area contributed by atoms with Gasteiger partial charge in [-0.15, -0.1) is 0 Å². The molecule has 2 N–H and O–H groups in total. The van der Waals surface area contributed by atoms with Crippen LogP contribution in [0.3, 0.4) is 0 Å². The van der Waals surface area contributed by atoms with Gasteiger partial charge in [-0.05, 0) is 36.6 Å². The lowest BCUT2D eigenvalue weighted by molar-refractivity contribution is 0.110. The van der Waals surface area contributed by atoms with Crippen molar-refractivity contribution >= 4 is 16.9 Å². The summed E-state index contributed by atoms with van der Waals surface area (Å²) in [5, 5.41) is 6.94. The van der Waals surface area contributed by atoms with Crippen LogP contribution in [0.1, 0.15) is 26.3 Å². The molecule has 0 spiro atoms. The zero-order valence-electron chi connectivity index (χ0n) is 14.0. The number of benzene rings is 1. The van der Waals surface area contributed by atoms with E-state index < -0.39 is 0 Å². The first-order valence-electron chi connectivity index (χ1n) is 8.06. The van der Waals surface area contributed by atoms with Crippen molar-refractivity contribution in [1.29, 1.82) is 0 Å². The van der Waals surface area contributed by atoms with Crippen molar-refractivity contribution in [1.82, 2.24) is 15.6 Å². The van der Waals surface area contributed by atoms with Gasteiger partial charge in [0.25, 0.3) is 0 Å². The molecule has 5 heteroatoms. The number of carbonyl (C=O) groups is 1. The Morgan fingerprint density at radius 2 is 2.13 bits per heavy atom. The van der Waals surface area contributed by atoms with Gasteiger partial charge in [0.2, 0.25) is 0 Å². The number of rotatable bonds is 7. The summed E-state index contributed by atoms with van der Waals surface area (Å²) in [6, 6.07) is 9.76. The summed E-state index contributed by atoms with van der Waals surface area (Å²) in [6.07, 6.45) is 1.78. The molecule has 0 aliphatic rings. The number of fused-ring (bicyclic) bond motifs is 1. The maximum atomic E-state index is 12.1. The summed E-state index contributed by atoms with van der Waals surface area (Å²) in [7, 11) is 0. The fraction of sp³-hybridized carbons (Fsp3) is 0.444. The van der Waals surface area contributed by atoms with Crippen molar-refractivity contribution in [3.05, 3.63) is 42.1 Å². The van der Waals surface area contributed by atoms with Crippen LogP contribution in [0.2, 0.25) is 0 Å². The SMILES string of the molecule is CCOC[C@@H](NC(=O)NCc1ccc2ncccc2c1)C(C)C. The van der Waals surface area contributed by atoms with Gasteiger partial charge in [0.15, 0.2) is 0 Å². The molecule has 0 unspecified atom stereocenters. The Hall–Kier alpha value is -2.14. The highest BCUT2D eigenvalue weighted by Gasteiger charge is 2.15. The van der Waals surface area contributed by atoms with E-state index in [9.17, 15) is 4.79 Å². The monoisotopic (exact) mass is 315 g/mol. The maximum Gasteiger partial charge on any atom is 0.315 e. The molecular formula is C18H25N3O2. The first kappa shape index (κ1) is 17.2. The van der Waals surface area contributed by atoms with E-state index in [0.717, 1.165) is 16.5 Å². The van der Waals surface area contributed by atoms with Crippen molar-refractivity contribution < 1.29 is 9.53 Å². The van der Waals surface area contributed by atoms with E-state index in [-0.39, 0.29) is 12.1 Å². The lowest BCUT2D eigenvalue weighted by Crippen LogP contribution is -2.46. The molecule has 1 heterocycles. The molecule has 1 aromatic carbocycles. The number of nitrogens with zero attached hydrogens (tertiary/aromatic N) is 1. The van der Waals surface area contributed by atoms with Crippen LogP contribution >= 0.6 is 0 Å². The third-order valence-electron chi connectivity index (χ3n) is 3.74. The highest BCUT2D eigenvalue weighted by atomic mass is 16.5. The summed E-state index contributed by atoms with van der Waals surface area (Å²) in [6.45, 7) is 7.75. The van der Waals surface area contributed by atoms with Crippen molar-refractivity contribution in [3.8, 4) is 0 Å². The third kappa shape index (κ3) is 5.21. The molecule has 1 atom stereocenters. The van der Waals surface area contributed by atoms with E-state index in [1.54, 1.807) is 6.20 Å². The van der Waals surface area contributed by atoms with Gasteiger partial charge in [0.05, 0.1) is 18.2 Å². The highest BCUT2D eigenvalue weighted by molar-refractivity contribution is 5.79.